The van der Waals surface area contributed by atoms with Crippen LogP contribution in [0, 0.1) is 0 Å². The molecule has 0 amide bonds. The van der Waals surface area contributed by atoms with Crippen molar-refractivity contribution in [3.63, 3.8) is 0 Å². The largest absolute Gasteiger partial charge is 0.481 e. The van der Waals surface area contributed by atoms with Crippen molar-refractivity contribution in [3.05, 3.63) is 34.2 Å². The Kier molecular flexibility index (Phi) is 2.53. The van der Waals surface area contributed by atoms with Crippen LogP contribution in [0.2, 0.25) is 0 Å². The average Bonchev–Trinajstić information content (AvgIpc) is 2.54. The predicted octanol–water partition coefficient (Wildman–Crippen LogP) is 1.61. The highest BCUT2D eigenvalue weighted by molar-refractivity contribution is 5.80. The molecule has 0 saturated carbocycles. The van der Waals surface area contributed by atoms with Crippen LogP contribution < -0.4 is 5.69 Å². The van der Waals surface area contributed by atoms with Crippen molar-refractivity contribution in [1.82, 2.24) is 9.97 Å². The van der Waals surface area contributed by atoms with E-state index in [1.54, 1.807) is 6.07 Å². The number of carboxylic acid groups (broad SMARTS) is 1. The first-order valence-corrected chi connectivity index (χ1v) is 5.33. The van der Waals surface area contributed by atoms with Crippen LogP contribution in [0.3, 0.4) is 0 Å². The van der Waals surface area contributed by atoms with E-state index in [1.807, 2.05) is 26.0 Å². The van der Waals surface area contributed by atoms with Crippen LogP contribution in [0.4, 0.5) is 0 Å². The van der Waals surface area contributed by atoms with Gasteiger partial charge < -0.3 is 15.1 Å². The van der Waals surface area contributed by atoms with Gasteiger partial charge in [-0.15, -0.1) is 0 Å². The highest BCUT2D eigenvalue weighted by atomic mass is 16.4. The van der Waals surface area contributed by atoms with Gasteiger partial charge in [-0.05, 0) is 11.6 Å². The van der Waals surface area contributed by atoms with Crippen LogP contribution >= 0.6 is 0 Å². The molecule has 1 heterocycles. The van der Waals surface area contributed by atoms with Gasteiger partial charge in [-0.1, -0.05) is 26.0 Å². The Bertz CT molecular complexity index is 622. The molecule has 0 fully saturated rings. The van der Waals surface area contributed by atoms with Crippen LogP contribution in [0.5, 0.6) is 0 Å². The maximum atomic E-state index is 11.3. The first-order valence-electron chi connectivity index (χ1n) is 5.33. The molecule has 1 aromatic carbocycles. The number of carboxylic acids is 1. The van der Waals surface area contributed by atoms with Gasteiger partial charge >= 0.3 is 11.7 Å². The Labute approximate surface area is 97.5 Å². The van der Waals surface area contributed by atoms with Gasteiger partial charge in [0.1, 0.15) is 0 Å². The molecule has 0 spiro atoms. The molecule has 5 nitrogen and oxygen atoms in total. The number of aromatic nitrogens is 2. The smallest absolute Gasteiger partial charge is 0.323 e. The minimum atomic E-state index is -0.857. The normalized spacial score (nSPS) is 11.9. The summed E-state index contributed by atoms with van der Waals surface area (Å²) >= 11 is 0. The van der Waals surface area contributed by atoms with E-state index in [4.69, 9.17) is 5.11 Å². The maximum Gasteiger partial charge on any atom is 0.323 e. The fraction of sp³-hybridized carbons (Fsp3) is 0.333. The number of benzene rings is 1. The van der Waals surface area contributed by atoms with Gasteiger partial charge in [0, 0.05) is 5.41 Å². The van der Waals surface area contributed by atoms with Gasteiger partial charge in [0.2, 0.25) is 0 Å². The molecule has 1 aromatic heterocycles. The fourth-order valence-corrected chi connectivity index (χ4v) is 2.10. The summed E-state index contributed by atoms with van der Waals surface area (Å²) < 4.78 is 0. The summed E-state index contributed by atoms with van der Waals surface area (Å²) in [6.45, 7) is 3.70. The van der Waals surface area contributed by atoms with Gasteiger partial charge in [0.05, 0.1) is 17.5 Å². The number of imidazole rings is 1. The van der Waals surface area contributed by atoms with Crippen LogP contribution in [-0.4, -0.2) is 21.0 Å². The van der Waals surface area contributed by atoms with Gasteiger partial charge in [-0.25, -0.2) is 4.79 Å². The number of aromatic amines is 2. The number of fused-ring (bicyclic) bond motifs is 1. The van der Waals surface area contributed by atoms with Gasteiger partial charge in [0.15, 0.2) is 0 Å². The summed E-state index contributed by atoms with van der Waals surface area (Å²) in [5.74, 6) is -0.857. The molecule has 2 rings (SSSR count). The third-order valence-corrected chi connectivity index (χ3v) is 2.87. The summed E-state index contributed by atoms with van der Waals surface area (Å²) in [6.07, 6.45) is 0.0132. The summed E-state index contributed by atoms with van der Waals surface area (Å²) in [5.41, 5.74) is 1.40. The number of rotatable bonds is 3. The highest BCUT2D eigenvalue weighted by Gasteiger charge is 2.26. The van der Waals surface area contributed by atoms with Crippen molar-refractivity contribution in [2.45, 2.75) is 25.7 Å². The van der Waals surface area contributed by atoms with E-state index < -0.39 is 11.4 Å². The number of H-pyrrole nitrogens is 2. The molecule has 0 aliphatic rings. The molecule has 0 atom stereocenters. The summed E-state index contributed by atoms with van der Waals surface area (Å²) in [7, 11) is 0. The van der Waals surface area contributed by atoms with E-state index in [1.165, 1.54) is 0 Å². The molecule has 5 heteroatoms. The molecule has 0 saturated heterocycles. The number of hydrogen-bond donors (Lipinski definition) is 3. The lowest BCUT2D eigenvalue weighted by molar-refractivity contribution is -0.138. The molecular formula is C12H14N2O3. The SMILES string of the molecule is CC(C)(CC(=O)O)c1cccc2[nH]c(=O)[nH]c12. The van der Waals surface area contributed by atoms with Crippen LogP contribution in [0.1, 0.15) is 25.8 Å². The Hall–Kier alpha value is -2.04. The molecule has 90 valence electrons. The molecule has 0 aliphatic carbocycles. The number of nitrogens with one attached hydrogen (secondary N) is 2. The van der Waals surface area contributed by atoms with E-state index in [-0.39, 0.29) is 12.1 Å². The predicted molar refractivity (Wildman–Crippen MR) is 64.2 cm³/mol. The van der Waals surface area contributed by atoms with Crippen molar-refractivity contribution in [2.24, 2.45) is 0 Å². The third-order valence-electron chi connectivity index (χ3n) is 2.87. The molecule has 0 aliphatic heterocycles. The topological polar surface area (TPSA) is 85.9 Å². The highest BCUT2D eigenvalue weighted by Crippen LogP contribution is 2.31. The summed E-state index contributed by atoms with van der Waals surface area (Å²) in [4.78, 5) is 27.5. The molecule has 0 unspecified atom stereocenters. The second kappa shape index (κ2) is 3.76. The lowest BCUT2D eigenvalue weighted by atomic mass is 9.81. The van der Waals surface area contributed by atoms with Gasteiger partial charge in [-0.3, -0.25) is 4.79 Å². The number of para-hydroxylation sites is 1. The van der Waals surface area contributed by atoms with Crippen LogP contribution in [0.15, 0.2) is 23.0 Å². The first-order chi connectivity index (χ1) is 7.90. The van der Waals surface area contributed by atoms with E-state index in [0.717, 1.165) is 5.56 Å². The summed E-state index contributed by atoms with van der Waals surface area (Å²) in [5, 5.41) is 8.91. The lowest BCUT2D eigenvalue weighted by Crippen LogP contribution is -2.22. The zero-order chi connectivity index (χ0) is 12.6. The van der Waals surface area contributed by atoms with Crippen LogP contribution in [0.25, 0.3) is 11.0 Å². The van der Waals surface area contributed by atoms with E-state index in [0.29, 0.717) is 11.0 Å². The van der Waals surface area contributed by atoms with Crippen molar-refractivity contribution >= 4 is 17.0 Å². The summed E-state index contributed by atoms with van der Waals surface area (Å²) in [6, 6.07) is 5.44. The first kappa shape index (κ1) is 11.4. The minimum absolute atomic E-state index is 0.0132. The van der Waals surface area contributed by atoms with Gasteiger partial charge in [-0.2, -0.15) is 0 Å². The van der Waals surface area contributed by atoms with Crippen molar-refractivity contribution < 1.29 is 9.90 Å². The molecular weight excluding hydrogens is 220 g/mol. The minimum Gasteiger partial charge on any atom is -0.481 e. The Balaban J connectivity index is 2.61. The molecule has 0 bridgehead atoms. The molecule has 3 N–H and O–H groups in total. The van der Waals surface area contributed by atoms with Crippen molar-refractivity contribution in [1.29, 1.82) is 0 Å². The van der Waals surface area contributed by atoms with E-state index >= 15 is 0 Å². The monoisotopic (exact) mass is 234 g/mol. The lowest BCUT2D eigenvalue weighted by Gasteiger charge is -2.23. The standard InChI is InChI=1S/C12H14N2O3/c1-12(2,6-9(15)16)7-4-3-5-8-10(7)14-11(17)13-8/h3-5H,6H2,1-2H3,(H,15,16)(H2,13,14,17). The van der Waals surface area contributed by atoms with E-state index in [2.05, 4.69) is 9.97 Å². The average molecular weight is 234 g/mol. The van der Waals surface area contributed by atoms with Gasteiger partial charge in [0.25, 0.3) is 0 Å². The van der Waals surface area contributed by atoms with E-state index in [9.17, 15) is 9.59 Å². The van der Waals surface area contributed by atoms with Crippen molar-refractivity contribution in [2.75, 3.05) is 0 Å². The molecule has 17 heavy (non-hydrogen) atoms. The second-order valence-corrected chi connectivity index (χ2v) is 4.76. The fourth-order valence-electron chi connectivity index (χ4n) is 2.10. The Morgan fingerprint density at radius 1 is 1.35 bits per heavy atom. The van der Waals surface area contributed by atoms with Crippen LogP contribution in [-0.2, 0) is 10.2 Å². The Morgan fingerprint density at radius 3 is 2.71 bits per heavy atom. The number of aliphatic carboxylic acids is 1. The number of hydrogen-bond acceptors (Lipinski definition) is 2. The number of carbonyl (C=O) groups is 1. The zero-order valence-corrected chi connectivity index (χ0v) is 9.70. The third kappa shape index (κ3) is 2.08. The second-order valence-electron chi connectivity index (χ2n) is 4.76. The zero-order valence-electron chi connectivity index (χ0n) is 9.70. The molecule has 2 aromatic rings. The Morgan fingerprint density at radius 2 is 2.06 bits per heavy atom. The maximum absolute atomic E-state index is 11.3. The quantitative estimate of drug-likeness (QED) is 0.754. The molecule has 0 radical (unpaired) electrons. The van der Waals surface area contributed by atoms with Crippen molar-refractivity contribution in [3.8, 4) is 0 Å².